The van der Waals surface area contributed by atoms with Crippen LogP contribution in [0.4, 0.5) is 0 Å². The predicted molar refractivity (Wildman–Crippen MR) is 89.9 cm³/mol. The van der Waals surface area contributed by atoms with Crippen molar-refractivity contribution in [2.24, 2.45) is 0 Å². The van der Waals surface area contributed by atoms with Crippen LogP contribution < -0.4 is 5.32 Å². The first kappa shape index (κ1) is 16.1. The van der Waals surface area contributed by atoms with Crippen LogP contribution in [0.3, 0.4) is 0 Å². The van der Waals surface area contributed by atoms with Crippen LogP contribution in [0.1, 0.15) is 32.3 Å². The second-order valence-corrected chi connectivity index (χ2v) is 5.42. The van der Waals surface area contributed by atoms with Crippen LogP contribution in [0, 0.1) is 0 Å². The van der Waals surface area contributed by atoms with E-state index in [0.717, 1.165) is 45.7 Å². The lowest BCUT2D eigenvalue weighted by Gasteiger charge is -2.05. The number of hydrogen-bond acceptors (Lipinski definition) is 2. The Kier molecular flexibility index (Phi) is 6.77. The molecule has 1 aromatic carbocycles. The second-order valence-electron chi connectivity index (χ2n) is 5.42. The van der Waals surface area contributed by atoms with Gasteiger partial charge in [0.1, 0.15) is 0 Å². The van der Waals surface area contributed by atoms with Crippen LogP contribution >= 0.6 is 0 Å². The summed E-state index contributed by atoms with van der Waals surface area (Å²) in [6, 6.07) is 8.72. The van der Waals surface area contributed by atoms with E-state index in [0.29, 0.717) is 0 Å². The Morgan fingerprint density at radius 2 is 2.00 bits per heavy atom. The molecule has 0 atom stereocenters. The summed E-state index contributed by atoms with van der Waals surface area (Å²) in [5.41, 5.74) is 2.80. The maximum atomic E-state index is 5.44. The molecule has 0 unspecified atom stereocenters. The van der Waals surface area contributed by atoms with Crippen LogP contribution in [0.5, 0.6) is 0 Å². The van der Waals surface area contributed by atoms with Crippen molar-refractivity contribution in [1.82, 2.24) is 9.88 Å². The molecule has 1 aromatic heterocycles. The summed E-state index contributed by atoms with van der Waals surface area (Å²) in [5.74, 6) is 0. The van der Waals surface area contributed by atoms with E-state index in [2.05, 4.69) is 47.3 Å². The largest absolute Gasteiger partial charge is 0.382 e. The molecular formula is C18H28N2O. The number of aryl methyl sites for hydroxylation is 1. The smallest absolute Gasteiger partial charge is 0.0483 e. The zero-order valence-electron chi connectivity index (χ0n) is 13.4. The summed E-state index contributed by atoms with van der Waals surface area (Å²) >= 11 is 0. The average Bonchev–Trinajstić information content (AvgIpc) is 2.87. The van der Waals surface area contributed by atoms with Crippen molar-refractivity contribution in [3.63, 3.8) is 0 Å². The van der Waals surface area contributed by atoms with E-state index in [9.17, 15) is 0 Å². The highest BCUT2D eigenvalue weighted by atomic mass is 16.5. The first-order valence-electron chi connectivity index (χ1n) is 8.22. The second kappa shape index (κ2) is 8.85. The van der Waals surface area contributed by atoms with Crippen molar-refractivity contribution in [1.29, 1.82) is 0 Å². The Balaban J connectivity index is 2.03. The molecule has 1 N–H and O–H groups in total. The summed E-state index contributed by atoms with van der Waals surface area (Å²) in [7, 11) is 0. The molecule has 0 aliphatic rings. The summed E-state index contributed by atoms with van der Waals surface area (Å²) in [5, 5.41) is 4.88. The van der Waals surface area contributed by atoms with Crippen molar-refractivity contribution < 1.29 is 4.74 Å². The summed E-state index contributed by atoms with van der Waals surface area (Å²) in [4.78, 5) is 0. The fraction of sp³-hybridized carbons (Fsp3) is 0.556. The number of fused-ring (bicyclic) bond motifs is 1. The van der Waals surface area contributed by atoms with E-state index in [1.165, 1.54) is 22.9 Å². The van der Waals surface area contributed by atoms with Crippen molar-refractivity contribution >= 4 is 10.9 Å². The van der Waals surface area contributed by atoms with E-state index >= 15 is 0 Å². The normalized spacial score (nSPS) is 11.3. The van der Waals surface area contributed by atoms with Gasteiger partial charge in [0.05, 0.1) is 0 Å². The van der Waals surface area contributed by atoms with Gasteiger partial charge in [0.15, 0.2) is 0 Å². The minimum absolute atomic E-state index is 0.806. The number of nitrogens with one attached hydrogen (secondary N) is 1. The van der Waals surface area contributed by atoms with Crippen molar-refractivity contribution in [3.8, 4) is 0 Å². The minimum atomic E-state index is 0.806. The van der Waals surface area contributed by atoms with Crippen LogP contribution in [0.25, 0.3) is 10.9 Å². The number of benzene rings is 1. The molecular weight excluding hydrogens is 260 g/mol. The molecule has 0 radical (unpaired) electrons. The van der Waals surface area contributed by atoms with E-state index < -0.39 is 0 Å². The topological polar surface area (TPSA) is 26.2 Å². The van der Waals surface area contributed by atoms with Crippen molar-refractivity contribution in [3.05, 3.63) is 36.0 Å². The molecule has 3 nitrogen and oxygen atoms in total. The zero-order chi connectivity index (χ0) is 14.9. The lowest BCUT2D eigenvalue weighted by atomic mass is 10.1. The lowest BCUT2D eigenvalue weighted by molar-refractivity contribution is 0.142. The first-order chi connectivity index (χ1) is 10.4. The molecule has 0 saturated heterocycles. The SMILES string of the molecule is CCCNCCc1cn(CCCOCC)c2ccccc12. The Bertz CT molecular complexity index is 487. The molecule has 116 valence electrons. The van der Waals surface area contributed by atoms with Crippen LogP contribution in [0.2, 0.25) is 0 Å². The van der Waals surface area contributed by atoms with Gasteiger partial charge < -0.3 is 14.6 Å². The monoisotopic (exact) mass is 288 g/mol. The van der Waals surface area contributed by atoms with Crippen LogP contribution in [0.15, 0.2) is 30.5 Å². The third-order valence-electron chi connectivity index (χ3n) is 3.76. The van der Waals surface area contributed by atoms with Gasteiger partial charge in [-0.25, -0.2) is 0 Å². The maximum absolute atomic E-state index is 5.44. The fourth-order valence-corrected chi connectivity index (χ4v) is 2.71. The van der Waals surface area contributed by atoms with Gasteiger partial charge in [-0.15, -0.1) is 0 Å². The number of nitrogens with zero attached hydrogens (tertiary/aromatic N) is 1. The standard InChI is InChI=1S/C18H28N2O/c1-3-11-19-12-10-16-15-20(13-7-14-21-4-2)18-9-6-5-8-17(16)18/h5-6,8-9,15,19H,3-4,7,10-14H2,1-2H3. The minimum Gasteiger partial charge on any atom is -0.382 e. The van der Waals surface area contributed by atoms with Gasteiger partial charge in [-0.1, -0.05) is 25.1 Å². The Hall–Kier alpha value is -1.32. The highest BCUT2D eigenvalue weighted by molar-refractivity contribution is 5.84. The number of aromatic nitrogens is 1. The van der Waals surface area contributed by atoms with Crippen LogP contribution in [-0.2, 0) is 17.7 Å². The summed E-state index contributed by atoms with van der Waals surface area (Å²) in [6.45, 7) is 9.09. The van der Waals surface area contributed by atoms with Gasteiger partial charge in [-0.3, -0.25) is 0 Å². The lowest BCUT2D eigenvalue weighted by Crippen LogP contribution is -2.17. The zero-order valence-corrected chi connectivity index (χ0v) is 13.4. The van der Waals surface area contributed by atoms with E-state index in [-0.39, 0.29) is 0 Å². The highest BCUT2D eigenvalue weighted by Gasteiger charge is 2.07. The fourth-order valence-electron chi connectivity index (χ4n) is 2.71. The van der Waals surface area contributed by atoms with E-state index in [1.807, 2.05) is 6.92 Å². The average molecular weight is 288 g/mol. The van der Waals surface area contributed by atoms with Crippen molar-refractivity contribution in [2.75, 3.05) is 26.3 Å². The molecule has 0 bridgehead atoms. The molecule has 0 aliphatic carbocycles. The number of hydrogen-bond donors (Lipinski definition) is 1. The van der Waals surface area contributed by atoms with Gasteiger partial charge >= 0.3 is 0 Å². The molecule has 0 spiro atoms. The Labute approximate surface area is 128 Å². The van der Waals surface area contributed by atoms with Gasteiger partial charge in [0, 0.05) is 36.9 Å². The number of rotatable bonds is 10. The Morgan fingerprint density at radius 3 is 2.81 bits per heavy atom. The molecule has 2 aromatic rings. The molecule has 0 amide bonds. The number of ether oxygens (including phenoxy) is 1. The van der Waals surface area contributed by atoms with Crippen molar-refractivity contribution in [2.45, 2.75) is 39.7 Å². The molecule has 1 heterocycles. The van der Waals surface area contributed by atoms with Crippen LogP contribution in [-0.4, -0.2) is 30.9 Å². The quantitative estimate of drug-likeness (QED) is 0.676. The third kappa shape index (κ3) is 4.58. The highest BCUT2D eigenvalue weighted by Crippen LogP contribution is 2.22. The molecule has 0 fully saturated rings. The maximum Gasteiger partial charge on any atom is 0.0483 e. The summed E-state index contributed by atoms with van der Waals surface area (Å²) in [6.07, 6.45) is 5.68. The molecule has 21 heavy (non-hydrogen) atoms. The molecule has 2 rings (SSSR count). The molecule has 0 aliphatic heterocycles. The number of para-hydroxylation sites is 1. The predicted octanol–water partition coefficient (Wildman–Crippen LogP) is 3.61. The summed E-state index contributed by atoms with van der Waals surface area (Å²) < 4.78 is 7.82. The van der Waals surface area contributed by atoms with Gasteiger partial charge in [-0.05, 0) is 50.9 Å². The van der Waals surface area contributed by atoms with Gasteiger partial charge in [0.25, 0.3) is 0 Å². The first-order valence-corrected chi connectivity index (χ1v) is 8.22. The Morgan fingerprint density at radius 1 is 1.14 bits per heavy atom. The third-order valence-corrected chi connectivity index (χ3v) is 3.76. The molecule has 0 saturated carbocycles. The van der Waals surface area contributed by atoms with Gasteiger partial charge in [-0.2, -0.15) is 0 Å². The van der Waals surface area contributed by atoms with E-state index in [4.69, 9.17) is 4.74 Å². The molecule has 3 heteroatoms. The van der Waals surface area contributed by atoms with Gasteiger partial charge in [0.2, 0.25) is 0 Å². The van der Waals surface area contributed by atoms with E-state index in [1.54, 1.807) is 0 Å².